The van der Waals surface area contributed by atoms with Crippen molar-refractivity contribution >= 4 is 0 Å². The molecule has 0 aliphatic heterocycles. The Balaban J connectivity index is 2.62. The molecule has 0 spiro atoms. The van der Waals surface area contributed by atoms with Gasteiger partial charge in [-0.1, -0.05) is 89.8 Å². The van der Waals surface area contributed by atoms with Gasteiger partial charge in [-0.3, -0.25) is 0 Å². The molecule has 0 saturated heterocycles. The third kappa shape index (κ3) is 4.29. The van der Waals surface area contributed by atoms with Crippen molar-refractivity contribution in [1.29, 1.82) is 0 Å². The SMILES string of the molecule is CCCc1cccc(-c2cccc(CCC)c2CCC)c1CCC. The summed E-state index contributed by atoms with van der Waals surface area (Å²) in [4.78, 5) is 0. The van der Waals surface area contributed by atoms with Crippen LogP contribution in [0.4, 0.5) is 0 Å². The van der Waals surface area contributed by atoms with E-state index in [1.807, 2.05) is 0 Å². The molecule has 0 atom stereocenters. The first kappa shape index (κ1) is 18.8. The Kier molecular flexibility index (Phi) is 7.56. The van der Waals surface area contributed by atoms with Gasteiger partial charge in [-0.2, -0.15) is 0 Å². The Morgan fingerprint density at radius 1 is 0.500 bits per heavy atom. The topological polar surface area (TPSA) is 0 Å². The predicted molar refractivity (Wildman–Crippen MR) is 108 cm³/mol. The van der Waals surface area contributed by atoms with E-state index in [1.54, 1.807) is 22.3 Å². The smallest absolute Gasteiger partial charge is 0.0146 e. The third-order valence-electron chi connectivity index (χ3n) is 4.87. The van der Waals surface area contributed by atoms with Gasteiger partial charge in [-0.25, -0.2) is 0 Å². The highest BCUT2D eigenvalue weighted by atomic mass is 14.2. The van der Waals surface area contributed by atoms with Crippen LogP contribution in [-0.2, 0) is 25.7 Å². The molecule has 0 heterocycles. The highest BCUT2D eigenvalue weighted by molar-refractivity contribution is 5.73. The van der Waals surface area contributed by atoms with E-state index in [4.69, 9.17) is 0 Å². The van der Waals surface area contributed by atoms with Gasteiger partial charge in [0.05, 0.1) is 0 Å². The van der Waals surface area contributed by atoms with Crippen LogP contribution in [0.2, 0.25) is 0 Å². The summed E-state index contributed by atoms with van der Waals surface area (Å²) in [7, 11) is 0. The molecule has 2 aromatic rings. The Morgan fingerprint density at radius 3 is 1.21 bits per heavy atom. The Labute approximate surface area is 149 Å². The quantitative estimate of drug-likeness (QED) is 0.459. The van der Waals surface area contributed by atoms with Crippen molar-refractivity contribution in [3.8, 4) is 11.1 Å². The van der Waals surface area contributed by atoms with Gasteiger partial charge in [0.2, 0.25) is 0 Å². The summed E-state index contributed by atoms with van der Waals surface area (Å²) in [5.74, 6) is 0. The van der Waals surface area contributed by atoms with Crippen molar-refractivity contribution < 1.29 is 0 Å². The zero-order valence-electron chi connectivity index (χ0n) is 16.1. The number of rotatable bonds is 9. The lowest BCUT2D eigenvalue weighted by Crippen LogP contribution is -2.02. The van der Waals surface area contributed by atoms with Crippen molar-refractivity contribution in [2.75, 3.05) is 0 Å². The number of benzene rings is 2. The number of hydrogen-bond donors (Lipinski definition) is 0. The lowest BCUT2D eigenvalue weighted by Gasteiger charge is -2.19. The summed E-state index contributed by atoms with van der Waals surface area (Å²) >= 11 is 0. The fraction of sp³-hybridized carbons (Fsp3) is 0.500. The molecule has 0 unspecified atom stereocenters. The van der Waals surface area contributed by atoms with Gasteiger partial charge in [0.25, 0.3) is 0 Å². The standard InChI is InChI=1S/C24H34/c1-5-11-19-15-9-17-23(21(19)13-7-3)24-18-10-16-20(12-6-2)22(24)14-8-4/h9-10,15-18H,5-8,11-14H2,1-4H3. The van der Waals surface area contributed by atoms with Gasteiger partial charge in [0.1, 0.15) is 0 Å². The second-order valence-corrected chi connectivity index (χ2v) is 6.89. The maximum Gasteiger partial charge on any atom is -0.0146 e. The van der Waals surface area contributed by atoms with Crippen molar-refractivity contribution in [3.05, 3.63) is 58.7 Å². The molecular weight excluding hydrogens is 288 g/mol. The van der Waals surface area contributed by atoms with Crippen molar-refractivity contribution in [2.24, 2.45) is 0 Å². The van der Waals surface area contributed by atoms with Crippen LogP contribution in [0.25, 0.3) is 11.1 Å². The molecule has 0 heteroatoms. The minimum atomic E-state index is 1.19. The zero-order chi connectivity index (χ0) is 17.4. The maximum atomic E-state index is 2.36. The van der Waals surface area contributed by atoms with Crippen LogP contribution in [0.1, 0.15) is 75.6 Å². The van der Waals surface area contributed by atoms with Gasteiger partial charge in [0.15, 0.2) is 0 Å². The van der Waals surface area contributed by atoms with E-state index in [0.29, 0.717) is 0 Å². The molecule has 0 saturated carbocycles. The van der Waals surface area contributed by atoms with Crippen LogP contribution in [0.3, 0.4) is 0 Å². The Bertz CT molecular complexity index is 579. The molecule has 0 nitrogen and oxygen atoms in total. The van der Waals surface area contributed by atoms with Crippen LogP contribution in [0.5, 0.6) is 0 Å². The second-order valence-electron chi connectivity index (χ2n) is 6.89. The largest absolute Gasteiger partial charge is 0.0651 e. The summed E-state index contributed by atoms with van der Waals surface area (Å²) in [5, 5.41) is 0. The summed E-state index contributed by atoms with van der Waals surface area (Å²) in [6.07, 6.45) is 9.64. The van der Waals surface area contributed by atoms with Crippen LogP contribution in [0, 0.1) is 0 Å². The van der Waals surface area contributed by atoms with Crippen LogP contribution < -0.4 is 0 Å². The Hall–Kier alpha value is -1.56. The molecule has 2 rings (SSSR count). The molecule has 0 bridgehead atoms. The zero-order valence-corrected chi connectivity index (χ0v) is 16.1. The molecule has 130 valence electrons. The van der Waals surface area contributed by atoms with Gasteiger partial charge < -0.3 is 0 Å². The third-order valence-corrected chi connectivity index (χ3v) is 4.87. The minimum absolute atomic E-state index is 1.19. The normalized spacial score (nSPS) is 11.0. The van der Waals surface area contributed by atoms with E-state index in [-0.39, 0.29) is 0 Å². The molecule has 0 fully saturated rings. The van der Waals surface area contributed by atoms with Crippen LogP contribution in [0.15, 0.2) is 36.4 Å². The van der Waals surface area contributed by atoms with Gasteiger partial charge in [-0.05, 0) is 59.1 Å². The van der Waals surface area contributed by atoms with Gasteiger partial charge in [-0.15, -0.1) is 0 Å². The second kappa shape index (κ2) is 9.67. The molecule has 2 aromatic carbocycles. The van der Waals surface area contributed by atoms with Crippen molar-refractivity contribution in [3.63, 3.8) is 0 Å². The molecule has 0 amide bonds. The number of hydrogen-bond acceptors (Lipinski definition) is 0. The molecule has 0 aliphatic carbocycles. The summed E-state index contributed by atoms with van der Waals surface area (Å²) in [5.41, 5.74) is 9.27. The molecule has 0 aliphatic rings. The van der Waals surface area contributed by atoms with E-state index in [2.05, 4.69) is 64.1 Å². The fourth-order valence-corrected chi connectivity index (χ4v) is 3.87. The van der Waals surface area contributed by atoms with E-state index in [1.165, 1.54) is 62.5 Å². The van der Waals surface area contributed by atoms with Crippen LogP contribution in [-0.4, -0.2) is 0 Å². The monoisotopic (exact) mass is 322 g/mol. The van der Waals surface area contributed by atoms with Gasteiger partial charge >= 0.3 is 0 Å². The van der Waals surface area contributed by atoms with E-state index in [0.717, 1.165) is 0 Å². The number of aryl methyl sites for hydroxylation is 2. The highest BCUT2D eigenvalue weighted by Crippen LogP contribution is 2.33. The summed E-state index contributed by atoms with van der Waals surface area (Å²) < 4.78 is 0. The van der Waals surface area contributed by atoms with Crippen molar-refractivity contribution in [2.45, 2.75) is 79.1 Å². The molecular formula is C24H34. The fourth-order valence-electron chi connectivity index (χ4n) is 3.87. The van der Waals surface area contributed by atoms with E-state index >= 15 is 0 Å². The van der Waals surface area contributed by atoms with E-state index < -0.39 is 0 Å². The van der Waals surface area contributed by atoms with Crippen LogP contribution >= 0.6 is 0 Å². The first-order valence-corrected chi connectivity index (χ1v) is 9.98. The lowest BCUT2D eigenvalue weighted by molar-refractivity contribution is 0.854. The first-order chi connectivity index (χ1) is 11.8. The summed E-state index contributed by atoms with van der Waals surface area (Å²) in [6.45, 7) is 9.17. The summed E-state index contributed by atoms with van der Waals surface area (Å²) in [6, 6.07) is 13.9. The maximum absolute atomic E-state index is 2.36. The average Bonchev–Trinajstić information content (AvgIpc) is 2.59. The average molecular weight is 323 g/mol. The molecule has 0 aromatic heterocycles. The predicted octanol–water partition coefficient (Wildman–Crippen LogP) is 7.16. The molecule has 0 radical (unpaired) electrons. The Morgan fingerprint density at radius 2 is 0.875 bits per heavy atom. The first-order valence-electron chi connectivity index (χ1n) is 9.98. The van der Waals surface area contributed by atoms with E-state index in [9.17, 15) is 0 Å². The van der Waals surface area contributed by atoms with Gasteiger partial charge in [0, 0.05) is 0 Å². The minimum Gasteiger partial charge on any atom is -0.0651 e. The van der Waals surface area contributed by atoms with Crippen molar-refractivity contribution in [1.82, 2.24) is 0 Å². The highest BCUT2D eigenvalue weighted by Gasteiger charge is 2.14. The lowest BCUT2D eigenvalue weighted by atomic mass is 9.85. The molecule has 24 heavy (non-hydrogen) atoms. The molecule has 0 N–H and O–H groups in total.